The van der Waals surface area contributed by atoms with Gasteiger partial charge in [0.2, 0.25) is 5.82 Å². The van der Waals surface area contributed by atoms with Crippen molar-refractivity contribution in [2.24, 2.45) is 0 Å². The molecule has 82 valence electrons. The quantitative estimate of drug-likeness (QED) is 0.738. The Morgan fingerprint density at radius 1 is 1.44 bits per heavy atom. The van der Waals surface area contributed by atoms with Gasteiger partial charge in [0.25, 0.3) is 0 Å². The van der Waals surface area contributed by atoms with Crippen molar-refractivity contribution in [3.05, 3.63) is 29.6 Å². The van der Waals surface area contributed by atoms with Crippen LogP contribution in [0.4, 0.5) is 0 Å². The number of aromatic amines is 1. The zero-order chi connectivity index (χ0) is 11.7. The van der Waals surface area contributed by atoms with Gasteiger partial charge in [0.1, 0.15) is 5.52 Å². The van der Waals surface area contributed by atoms with Crippen LogP contribution in [-0.2, 0) is 4.74 Å². The van der Waals surface area contributed by atoms with E-state index in [9.17, 15) is 9.59 Å². The second-order valence-corrected chi connectivity index (χ2v) is 3.08. The largest absolute Gasteiger partial charge is 0.475 e. The van der Waals surface area contributed by atoms with Crippen LogP contribution in [0.25, 0.3) is 11.0 Å². The number of carboxylic acid groups (broad SMARTS) is 1. The SMILES string of the molecule is COC(=O)c1cccc2[nH]c(C(=O)O)nc12. The van der Waals surface area contributed by atoms with Gasteiger partial charge < -0.3 is 14.8 Å². The van der Waals surface area contributed by atoms with Crippen LogP contribution in [-0.4, -0.2) is 34.1 Å². The number of hydrogen-bond donors (Lipinski definition) is 2. The van der Waals surface area contributed by atoms with Crippen LogP contribution >= 0.6 is 0 Å². The number of imidazole rings is 1. The molecule has 0 saturated carbocycles. The number of carbonyl (C=O) groups excluding carboxylic acids is 1. The zero-order valence-electron chi connectivity index (χ0n) is 8.35. The number of carboxylic acids is 1. The molecule has 6 nitrogen and oxygen atoms in total. The van der Waals surface area contributed by atoms with Crippen LogP contribution in [0.5, 0.6) is 0 Å². The Morgan fingerprint density at radius 2 is 2.19 bits per heavy atom. The molecule has 0 saturated heterocycles. The number of ether oxygens (including phenoxy) is 1. The van der Waals surface area contributed by atoms with Crippen LogP contribution in [0.2, 0.25) is 0 Å². The van der Waals surface area contributed by atoms with E-state index in [0.717, 1.165) is 0 Å². The third-order valence-corrected chi connectivity index (χ3v) is 2.12. The first-order chi connectivity index (χ1) is 7.63. The molecule has 0 aliphatic rings. The van der Waals surface area contributed by atoms with Gasteiger partial charge in [0.05, 0.1) is 18.2 Å². The minimum Gasteiger partial charge on any atom is -0.475 e. The number of carbonyl (C=O) groups is 2. The fraction of sp³-hybridized carbons (Fsp3) is 0.100. The van der Waals surface area contributed by atoms with E-state index in [1.54, 1.807) is 12.1 Å². The van der Waals surface area contributed by atoms with E-state index in [4.69, 9.17) is 5.11 Å². The molecule has 16 heavy (non-hydrogen) atoms. The minimum absolute atomic E-state index is 0.202. The Labute approximate surface area is 89.9 Å². The molecule has 0 fully saturated rings. The van der Waals surface area contributed by atoms with Gasteiger partial charge in [0, 0.05) is 0 Å². The second kappa shape index (κ2) is 3.65. The van der Waals surface area contributed by atoms with E-state index >= 15 is 0 Å². The van der Waals surface area contributed by atoms with E-state index in [0.29, 0.717) is 11.0 Å². The average molecular weight is 220 g/mol. The molecule has 0 radical (unpaired) electrons. The fourth-order valence-corrected chi connectivity index (χ4v) is 1.41. The highest BCUT2D eigenvalue weighted by Crippen LogP contribution is 2.17. The number of fused-ring (bicyclic) bond motifs is 1. The minimum atomic E-state index is -1.17. The molecule has 0 unspecified atom stereocenters. The first-order valence-corrected chi connectivity index (χ1v) is 4.44. The maximum absolute atomic E-state index is 11.4. The van der Waals surface area contributed by atoms with Crippen molar-refractivity contribution in [3.8, 4) is 0 Å². The van der Waals surface area contributed by atoms with Crippen LogP contribution in [0.1, 0.15) is 21.0 Å². The fourth-order valence-electron chi connectivity index (χ4n) is 1.41. The lowest BCUT2D eigenvalue weighted by molar-refractivity contribution is 0.0601. The van der Waals surface area contributed by atoms with E-state index in [1.165, 1.54) is 13.2 Å². The summed E-state index contributed by atoms with van der Waals surface area (Å²) in [6.45, 7) is 0. The highest BCUT2D eigenvalue weighted by molar-refractivity contribution is 6.03. The summed E-state index contributed by atoms with van der Waals surface area (Å²) in [5, 5.41) is 8.76. The summed E-state index contributed by atoms with van der Waals surface area (Å²) in [7, 11) is 1.26. The molecule has 6 heteroatoms. The van der Waals surface area contributed by atoms with Crippen LogP contribution in [0.15, 0.2) is 18.2 Å². The number of aromatic carboxylic acids is 1. The van der Waals surface area contributed by atoms with Crippen molar-refractivity contribution in [2.45, 2.75) is 0 Å². The highest BCUT2D eigenvalue weighted by Gasteiger charge is 2.16. The number of benzene rings is 1. The lowest BCUT2D eigenvalue weighted by Gasteiger charge is -1.98. The van der Waals surface area contributed by atoms with Crippen LogP contribution < -0.4 is 0 Å². The Balaban J connectivity index is 2.67. The summed E-state index contributed by atoms with van der Waals surface area (Å²) < 4.78 is 4.57. The maximum atomic E-state index is 11.4. The Hall–Kier alpha value is -2.37. The van der Waals surface area contributed by atoms with Gasteiger partial charge in [-0.05, 0) is 12.1 Å². The lowest BCUT2D eigenvalue weighted by atomic mass is 10.2. The van der Waals surface area contributed by atoms with Gasteiger partial charge in [-0.15, -0.1) is 0 Å². The van der Waals surface area contributed by atoms with Gasteiger partial charge in [-0.25, -0.2) is 14.6 Å². The molecule has 2 N–H and O–H groups in total. The maximum Gasteiger partial charge on any atom is 0.371 e. The molecule has 1 aromatic heterocycles. The molecular formula is C10H8N2O4. The molecule has 0 amide bonds. The second-order valence-electron chi connectivity index (χ2n) is 3.08. The van der Waals surface area contributed by atoms with Gasteiger partial charge >= 0.3 is 11.9 Å². The molecule has 2 rings (SSSR count). The van der Waals surface area contributed by atoms with Gasteiger partial charge in [0.15, 0.2) is 0 Å². The van der Waals surface area contributed by atoms with Crippen molar-refractivity contribution in [2.75, 3.05) is 7.11 Å². The zero-order valence-corrected chi connectivity index (χ0v) is 8.35. The molecular weight excluding hydrogens is 212 g/mol. The van der Waals surface area contributed by atoms with Gasteiger partial charge in [-0.1, -0.05) is 6.07 Å². The number of esters is 1. The van der Waals surface area contributed by atoms with Gasteiger partial charge in [-0.2, -0.15) is 0 Å². The number of para-hydroxylation sites is 1. The molecule has 2 aromatic rings. The predicted molar refractivity (Wildman–Crippen MR) is 54.4 cm³/mol. The number of hydrogen-bond acceptors (Lipinski definition) is 4. The van der Waals surface area contributed by atoms with E-state index in [1.807, 2.05) is 0 Å². The molecule has 0 spiro atoms. The van der Waals surface area contributed by atoms with Crippen molar-refractivity contribution < 1.29 is 19.4 Å². The van der Waals surface area contributed by atoms with E-state index in [-0.39, 0.29) is 11.4 Å². The first-order valence-electron chi connectivity index (χ1n) is 4.44. The van der Waals surface area contributed by atoms with Gasteiger partial charge in [-0.3, -0.25) is 0 Å². The van der Waals surface area contributed by atoms with E-state index < -0.39 is 11.9 Å². The number of nitrogens with one attached hydrogen (secondary N) is 1. The predicted octanol–water partition coefficient (Wildman–Crippen LogP) is 1.05. The van der Waals surface area contributed by atoms with Crippen LogP contribution in [0.3, 0.4) is 0 Å². The standard InChI is InChI=1S/C10H8N2O4/c1-16-10(15)5-3-2-4-6-7(5)12-8(11-6)9(13)14/h2-4H,1H3,(H,11,12)(H,13,14). The van der Waals surface area contributed by atoms with Crippen LogP contribution in [0, 0.1) is 0 Å². The number of nitrogens with zero attached hydrogens (tertiary/aromatic N) is 1. The van der Waals surface area contributed by atoms with E-state index in [2.05, 4.69) is 14.7 Å². The third kappa shape index (κ3) is 1.50. The summed E-state index contributed by atoms with van der Waals surface area (Å²) >= 11 is 0. The summed E-state index contributed by atoms with van der Waals surface area (Å²) in [5.74, 6) is -1.92. The first kappa shape index (κ1) is 10.2. The Bertz CT molecular complexity index is 573. The molecule has 0 aliphatic heterocycles. The highest BCUT2D eigenvalue weighted by atomic mass is 16.5. The summed E-state index contributed by atoms with van der Waals surface area (Å²) in [5.41, 5.74) is 1.02. The number of aromatic nitrogens is 2. The number of H-pyrrole nitrogens is 1. The molecule has 0 aliphatic carbocycles. The summed E-state index contributed by atoms with van der Waals surface area (Å²) in [6.07, 6.45) is 0. The monoisotopic (exact) mass is 220 g/mol. The number of rotatable bonds is 2. The van der Waals surface area contributed by atoms with Crippen molar-refractivity contribution >= 4 is 23.0 Å². The number of methoxy groups -OCH3 is 1. The normalized spacial score (nSPS) is 10.3. The molecule has 1 aromatic carbocycles. The lowest BCUT2D eigenvalue weighted by Crippen LogP contribution is -2.02. The summed E-state index contributed by atoms with van der Waals surface area (Å²) in [6, 6.07) is 4.79. The average Bonchev–Trinajstić information content (AvgIpc) is 2.71. The smallest absolute Gasteiger partial charge is 0.371 e. The van der Waals surface area contributed by atoms with Crippen molar-refractivity contribution in [1.82, 2.24) is 9.97 Å². The Morgan fingerprint density at radius 3 is 2.81 bits per heavy atom. The third-order valence-electron chi connectivity index (χ3n) is 2.12. The Kier molecular flexibility index (Phi) is 2.32. The topological polar surface area (TPSA) is 92.3 Å². The summed E-state index contributed by atoms with van der Waals surface area (Å²) in [4.78, 5) is 28.5. The molecule has 0 bridgehead atoms. The molecule has 1 heterocycles. The van der Waals surface area contributed by atoms with Crippen molar-refractivity contribution in [3.63, 3.8) is 0 Å². The van der Waals surface area contributed by atoms with Crippen molar-refractivity contribution in [1.29, 1.82) is 0 Å². The molecule has 0 atom stereocenters.